The summed E-state index contributed by atoms with van der Waals surface area (Å²) in [5.41, 5.74) is 2.24. The van der Waals surface area contributed by atoms with Gasteiger partial charge >= 0.3 is 0 Å². The van der Waals surface area contributed by atoms with Crippen LogP contribution < -0.4 is 4.74 Å². The van der Waals surface area contributed by atoms with Crippen LogP contribution >= 0.6 is 24.2 Å². The molecule has 0 bridgehead atoms. The first-order valence-electron chi connectivity index (χ1n) is 5.40. The third-order valence-electron chi connectivity index (χ3n) is 2.39. The van der Waals surface area contributed by atoms with Crippen molar-refractivity contribution < 1.29 is 4.74 Å². The topological polar surface area (TPSA) is 9.23 Å². The third-order valence-corrected chi connectivity index (χ3v) is 2.87. The highest BCUT2D eigenvalue weighted by Crippen LogP contribution is 2.30. The average molecular weight is 265 g/mol. The van der Waals surface area contributed by atoms with E-state index in [2.05, 4.69) is 24.8 Å². The van der Waals surface area contributed by atoms with Gasteiger partial charge in [-0.05, 0) is 23.3 Å². The Balaban J connectivity index is 2.25. The fourth-order valence-corrected chi connectivity index (χ4v) is 1.91. The first-order valence-corrected chi connectivity index (χ1v) is 6.41. The predicted molar refractivity (Wildman–Crippen MR) is 76.2 cm³/mol. The van der Waals surface area contributed by atoms with Gasteiger partial charge in [0.1, 0.15) is 5.75 Å². The van der Waals surface area contributed by atoms with Crippen LogP contribution in [0.4, 0.5) is 0 Å². The van der Waals surface area contributed by atoms with Crippen LogP contribution in [0.25, 0.3) is 11.1 Å². The van der Waals surface area contributed by atoms with E-state index in [1.54, 1.807) is 0 Å². The van der Waals surface area contributed by atoms with Crippen molar-refractivity contribution >= 4 is 24.2 Å². The summed E-state index contributed by atoms with van der Waals surface area (Å²) in [7, 11) is 0. The van der Waals surface area contributed by atoms with Gasteiger partial charge in [-0.1, -0.05) is 48.0 Å². The van der Waals surface area contributed by atoms with Crippen LogP contribution in [-0.2, 0) is 0 Å². The number of thiol groups is 1. The van der Waals surface area contributed by atoms with Gasteiger partial charge in [0.25, 0.3) is 0 Å². The summed E-state index contributed by atoms with van der Waals surface area (Å²) in [4.78, 5) is 0. The highest BCUT2D eigenvalue weighted by atomic mass is 35.5. The zero-order valence-corrected chi connectivity index (χ0v) is 10.9. The summed E-state index contributed by atoms with van der Waals surface area (Å²) in [6.07, 6.45) is 0. The Morgan fingerprint density at radius 2 is 1.76 bits per heavy atom. The third kappa shape index (κ3) is 3.18. The molecule has 2 aromatic rings. The Bertz CT molecular complexity index is 485. The van der Waals surface area contributed by atoms with Gasteiger partial charge < -0.3 is 4.74 Å². The largest absolute Gasteiger partial charge is 0.491 e. The van der Waals surface area contributed by atoms with E-state index in [0.717, 1.165) is 11.1 Å². The van der Waals surface area contributed by atoms with Gasteiger partial charge in [0.15, 0.2) is 0 Å². The van der Waals surface area contributed by atoms with Crippen LogP contribution in [0.2, 0.25) is 5.02 Å². The standard InChI is InChI=1S/C14H13ClOS/c15-13-10-12(11-4-2-1-3-5-11)6-7-14(13)16-8-9-17/h1-7,10,17H,8-9H2. The van der Waals surface area contributed by atoms with Crippen molar-refractivity contribution in [3.05, 3.63) is 53.6 Å². The molecule has 2 rings (SSSR count). The minimum Gasteiger partial charge on any atom is -0.491 e. The molecule has 3 heteroatoms. The summed E-state index contributed by atoms with van der Waals surface area (Å²) >= 11 is 10.3. The van der Waals surface area contributed by atoms with Crippen molar-refractivity contribution in [3.63, 3.8) is 0 Å². The monoisotopic (exact) mass is 264 g/mol. The van der Waals surface area contributed by atoms with E-state index in [0.29, 0.717) is 23.1 Å². The molecule has 2 aromatic carbocycles. The second-order valence-corrected chi connectivity index (χ2v) is 4.44. The number of benzene rings is 2. The van der Waals surface area contributed by atoms with E-state index in [1.807, 2.05) is 36.4 Å². The molecule has 17 heavy (non-hydrogen) atoms. The molecule has 0 N–H and O–H groups in total. The number of rotatable bonds is 4. The van der Waals surface area contributed by atoms with E-state index in [4.69, 9.17) is 16.3 Å². The quantitative estimate of drug-likeness (QED) is 0.810. The molecule has 0 fully saturated rings. The van der Waals surface area contributed by atoms with E-state index in [9.17, 15) is 0 Å². The fourth-order valence-electron chi connectivity index (χ4n) is 1.58. The molecule has 0 heterocycles. The van der Waals surface area contributed by atoms with Crippen LogP contribution in [0, 0.1) is 0 Å². The molecule has 1 nitrogen and oxygen atoms in total. The number of ether oxygens (including phenoxy) is 1. The Hall–Kier alpha value is -1.12. The van der Waals surface area contributed by atoms with E-state index in [1.165, 1.54) is 0 Å². The fraction of sp³-hybridized carbons (Fsp3) is 0.143. The lowest BCUT2D eigenvalue weighted by molar-refractivity contribution is 0.344. The summed E-state index contributed by atoms with van der Waals surface area (Å²) in [5.74, 6) is 1.39. The van der Waals surface area contributed by atoms with Crippen LogP contribution in [0.3, 0.4) is 0 Å². The Morgan fingerprint density at radius 3 is 2.41 bits per heavy atom. The van der Waals surface area contributed by atoms with Crippen LogP contribution in [0.15, 0.2) is 48.5 Å². The molecule has 0 radical (unpaired) electrons. The second-order valence-electron chi connectivity index (χ2n) is 3.58. The van der Waals surface area contributed by atoms with E-state index >= 15 is 0 Å². The van der Waals surface area contributed by atoms with Crippen molar-refractivity contribution in [1.82, 2.24) is 0 Å². The lowest BCUT2D eigenvalue weighted by Crippen LogP contribution is -1.98. The molecule has 0 aromatic heterocycles. The lowest BCUT2D eigenvalue weighted by atomic mass is 10.1. The molecule has 0 spiro atoms. The van der Waals surface area contributed by atoms with Crippen molar-refractivity contribution in [3.8, 4) is 16.9 Å². The summed E-state index contributed by atoms with van der Waals surface area (Å²) in [6, 6.07) is 16.0. The van der Waals surface area contributed by atoms with Crippen molar-refractivity contribution in [2.45, 2.75) is 0 Å². The SMILES string of the molecule is SCCOc1ccc(-c2ccccc2)cc1Cl. The minimum atomic E-state index is 0.563. The van der Waals surface area contributed by atoms with Gasteiger partial charge in [-0.25, -0.2) is 0 Å². The van der Waals surface area contributed by atoms with E-state index in [-0.39, 0.29) is 0 Å². The van der Waals surface area contributed by atoms with Crippen LogP contribution in [0.1, 0.15) is 0 Å². The zero-order chi connectivity index (χ0) is 12.1. The Morgan fingerprint density at radius 1 is 1.00 bits per heavy atom. The molecular weight excluding hydrogens is 252 g/mol. The molecule has 0 atom stereocenters. The second kappa shape index (κ2) is 5.99. The molecule has 0 aliphatic rings. The molecule has 0 saturated carbocycles. The highest BCUT2D eigenvalue weighted by molar-refractivity contribution is 7.80. The molecule has 0 saturated heterocycles. The average Bonchev–Trinajstić information content (AvgIpc) is 2.38. The number of hydrogen-bond donors (Lipinski definition) is 1. The van der Waals surface area contributed by atoms with Crippen molar-refractivity contribution in [1.29, 1.82) is 0 Å². The molecule has 0 unspecified atom stereocenters. The van der Waals surface area contributed by atoms with Gasteiger partial charge in [-0.2, -0.15) is 12.6 Å². The van der Waals surface area contributed by atoms with Gasteiger partial charge in [0, 0.05) is 5.75 Å². The zero-order valence-electron chi connectivity index (χ0n) is 9.27. The van der Waals surface area contributed by atoms with Gasteiger partial charge in [-0.15, -0.1) is 0 Å². The Labute approximate surface area is 112 Å². The van der Waals surface area contributed by atoms with Gasteiger partial charge in [0.2, 0.25) is 0 Å². The number of halogens is 1. The predicted octanol–water partition coefficient (Wildman–Crippen LogP) is 4.32. The van der Waals surface area contributed by atoms with E-state index < -0.39 is 0 Å². The van der Waals surface area contributed by atoms with Crippen LogP contribution in [0.5, 0.6) is 5.75 Å². The summed E-state index contributed by atoms with van der Waals surface area (Å²) in [5, 5.41) is 0.633. The molecule has 0 aliphatic carbocycles. The maximum absolute atomic E-state index is 6.17. The normalized spacial score (nSPS) is 10.2. The molecule has 0 amide bonds. The first-order chi connectivity index (χ1) is 8.31. The highest BCUT2D eigenvalue weighted by Gasteiger charge is 2.04. The Kier molecular flexibility index (Phi) is 4.35. The maximum Gasteiger partial charge on any atom is 0.137 e. The smallest absolute Gasteiger partial charge is 0.137 e. The molecule has 88 valence electrons. The molecule has 0 aliphatic heterocycles. The summed E-state index contributed by atoms with van der Waals surface area (Å²) < 4.78 is 5.47. The maximum atomic E-state index is 6.17. The number of hydrogen-bond acceptors (Lipinski definition) is 2. The first kappa shape index (κ1) is 12.3. The van der Waals surface area contributed by atoms with Crippen molar-refractivity contribution in [2.24, 2.45) is 0 Å². The van der Waals surface area contributed by atoms with Crippen LogP contribution in [-0.4, -0.2) is 12.4 Å². The van der Waals surface area contributed by atoms with Gasteiger partial charge in [0.05, 0.1) is 11.6 Å². The minimum absolute atomic E-state index is 0.563. The summed E-state index contributed by atoms with van der Waals surface area (Å²) in [6.45, 7) is 0.563. The van der Waals surface area contributed by atoms with Gasteiger partial charge in [-0.3, -0.25) is 0 Å². The van der Waals surface area contributed by atoms with Crippen molar-refractivity contribution in [2.75, 3.05) is 12.4 Å². The molecular formula is C14H13ClOS. The lowest BCUT2D eigenvalue weighted by Gasteiger charge is -2.08.